The van der Waals surface area contributed by atoms with Gasteiger partial charge in [-0.15, -0.1) is 0 Å². The number of Topliss-reactive ketones (excluding diaryl/α,β-unsaturated/α-hetero) is 2. The molecule has 0 spiro atoms. The molecule has 1 saturated carbocycles. The highest BCUT2D eigenvalue weighted by molar-refractivity contribution is 6.05. The van der Waals surface area contributed by atoms with E-state index in [0.29, 0.717) is 0 Å². The summed E-state index contributed by atoms with van der Waals surface area (Å²) in [5.74, 6) is -0.143. The van der Waals surface area contributed by atoms with Crippen molar-refractivity contribution in [3.05, 3.63) is 0 Å². The second kappa shape index (κ2) is 2.43. The number of hydrogen-bond donors (Lipinski definition) is 0. The van der Waals surface area contributed by atoms with Crippen molar-refractivity contribution in [2.45, 2.75) is 33.6 Å². The van der Waals surface area contributed by atoms with Gasteiger partial charge in [-0.3, -0.25) is 9.59 Å². The zero-order valence-corrected chi connectivity index (χ0v) is 7.31. The molecule has 0 radical (unpaired) electrons. The molecule has 1 fully saturated rings. The first kappa shape index (κ1) is 8.44. The number of hydrogen-bond acceptors (Lipinski definition) is 2. The lowest BCUT2D eigenvalue weighted by molar-refractivity contribution is -0.133. The number of rotatable bonds is 1. The van der Waals surface area contributed by atoms with Gasteiger partial charge in [-0.2, -0.15) is 0 Å². The Labute approximate surface area is 67.0 Å². The molecule has 1 atom stereocenters. The Morgan fingerprint density at radius 3 is 2.27 bits per heavy atom. The average Bonchev–Trinajstić information content (AvgIpc) is 2.09. The fourth-order valence-corrected chi connectivity index (χ4v) is 1.62. The van der Waals surface area contributed by atoms with Crippen LogP contribution in [0.2, 0.25) is 0 Å². The molecule has 1 unspecified atom stereocenters. The zero-order valence-electron chi connectivity index (χ0n) is 7.31. The van der Waals surface area contributed by atoms with E-state index in [1.807, 2.05) is 13.8 Å². The van der Waals surface area contributed by atoms with Crippen LogP contribution in [0.5, 0.6) is 0 Å². The predicted octanol–water partition coefficient (Wildman–Crippen LogP) is 1.58. The maximum atomic E-state index is 11.4. The van der Waals surface area contributed by atoms with E-state index in [-0.39, 0.29) is 22.9 Å². The third-order valence-corrected chi connectivity index (χ3v) is 2.53. The van der Waals surface area contributed by atoms with Crippen molar-refractivity contribution < 1.29 is 9.59 Å². The molecule has 0 N–H and O–H groups in total. The Bertz CT molecular complexity index is 204. The van der Waals surface area contributed by atoms with Gasteiger partial charge in [0.1, 0.15) is 11.6 Å². The van der Waals surface area contributed by atoms with E-state index < -0.39 is 0 Å². The normalized spacial score (nSPS) is 29.0. The summed E-state index contributed by atoms with van der Waals surface area (Å²) in [6.45, 7) is 5.33. The van der Waals surface area contributed by atoms with Crippen LogP contribution in [-0.2, 0) is 9.59 Å². The highest BCUT2D eigenvalue weighted by Crippen LogP contribution is 2.37. The number of ketones is 2. The van der Waals surface area contributed by atoms with E-state index in [2.05, 4.69) is 0 Å². The van der Waals surface area contributed by atoms with Gasteiger partial charge < -0.3 is 0 Å². The summed E-state index contributed by atoms with van der Waals surface area (Å²) in [6, 6.07) is 0. The third-order valence-electron chi connectivity index (χ3n) is 2.53. The third kappa shape index (κ3) is 1.35. The monoisotopic (exact) mass is 154 g/mol. The molecule has 1 rings (SSSR count). The molecule has 1 aliphatic rings. The van der Waals surface area contributed by atoms with Crippen LogP contribution in [0.3, 0.4) is 0 Å². The van der Waals surface area contributed by atoms with Crippen molar-refractivity contribution in [2.75, 3.05) is 0 Å². The van der Waals surface area contributed by atoms with Gasteiger partial charge in [-0.1, -0.05) is 13.8 Å². The lowest BCUT2D eigenvalue weighted by Gasteiger charge is -2.14. The van der Waals surface area contributed by atoms with Crippen molar-refractivity contribution in [3.8, 4) is 0 Å². The van der Waals surface area contributed by atoms with E-state index in [0.717, 1.165) is 12.8 Å². The van der Waals surface area contributed by atoms with Gasteiger partial charge in [0.2, 0.25) is 0 Å². The summed E-state index contributed by atoms with van der Waals surface area (Å²) in [7, 11) is 0. The average molecular weight is 154 g/mol. The van der Waals surface area contributed by atoms with Crippen LogP contribution in [0, 0.1) is 11.3 Å². The molecule has 62 valence electrons. The minimum absolute atomic E-state index is 0.0283. The van der Waals surface area contributed by atoms with Gasteiger partial charge in [0.25, 0.3) is 0 Å². The fourth-order valence-electron chi connectivity index (χ4n) is 1.62. The maximum absolute atomic E-state index is 11.4. The standard InChI is InChI=1S/C9H14O2/c1-6(10)7-4-5-9(2,3)8(7)11/h7H,4-5H2,1-3H3. The van der Waals surface area contributed by atoms with Crippen molar-refractivity contribution in [1.82, 2.24) is 0 Å². The van der Waals surface area contributed by atoms with Crippen LogP contribution in [0.4, 0.5) is 0 Å². The second-order valence-electron chi connectivity index (χ2n) is 3.95. The Morgan fingerprint density at radius 2 is 2.09 bits per heavy atom. The Morgan fingerprint density at radius 1 is 1.55 bits per heavy atom. The van der Waals surface area contributed by atoms with E-state index >= 15 is 0 Å². The second-order valence-corrected chi connectivity index (χ2v) is 3.95. The molecular weight excluding hydrogens is 140 g/mol. The molecule has 0 aromatic carbocycles. The molecular formula is C9H14O2. The molecule has 0 bridgehead atoms. The minimum atomic E-state index is -0.301. The first-order valence-corrected chi connectivity index (χ1v) is 4.00. The van der Waals surface area contributed by atoms with Crippen LogP contribution in [0.15, 0.2) is 0 Å². The lowest BCUT2D eigenvalue weighted by atomic mass is 9.88. The molecule has 0 aromatic heterocycles. The SMILES string of the molecule is CC(=O)C1CCC(C)(C)C1=O. The van der Waals surface area contributed by atoms with Gasteiger partial charge in [0, 0.05) is 5.41 Å². The van der Waals surface area contributed by atoms with Crippen molar-refractivity contribution >= 4 is 11.6 Å². The minimum Gasteiger partial charge on any atom is -0.299 e. The van der Waals surface area contributed by atoms with Gasteiger partial charge in [0.05, 0.1) is 5.92 Å². The summed E-state index contributed by atoms with van der Waals surface area (Å²) in [5, 5.41) is 0. The van der Waals surface area contributed by atoms with Crippen LogP contribution in [-0.4, -0.2) is 11.6 Å². The van der Waals surface area contributed by atoms with Gasteiger partial charge >= 0.3 is 0 Å². The van der Waals surface area contributed by atoms with E-state index in [1.165, 1.54) is 6.92 Å². The smallest absolute Gasteiger partial charge is 0.148 e. The van der Waals surface area contributed by atoms with Crippen LogP contribution in [0.25, 0.3) is 0 Å². The van der Waals surface area contributed by atoms with Gasteiger partial charge in [-0.05, 0) is 19.8 Å². The summed E-state index contributed by atoms with van der Waals surface area (Å²) in [4.78, 5) is 22.4. The molecule has 0 aromatic rings. The summed E-state index contributed by atoms with van der Waals surface area (Å²) < 4.78 is 0. The van der Waals surface area contributed by atoms with Crippen LogP contribution in [0.1, 0.15) is 33.6 Å². The number of carbonyl (C=O) groups is 2. The molecule has 2 nitrogen and oxygen atoms in total. The van der Waals surface area contributed by atoms with Crippen molar-refractivity contribution in [1.29, 1.82) is 0 Å². The van der Waals surface area contributed by atoms with E-state index in [9.17, 15) is 9.59 Å². The summed E-state index contributed by atoms with van der Waals surface area (Å²) >= 11 is 0. The Kier molecular flexibility index (Phi) is 1.87. The van der Waals surface area contributed by atoms with E-state index in [4.69, 9.17) is 0 Å². The first-order valence-electron chi connectivity index (χ1n) is 4.00. The first-order chi connectivity index (χ1) is 4.95. The lowest BCUT2D eigenvalue weighted by Crippen LogP contribution is -2.25. The zero-order chi connectivity index (χ0) is 8.65. The van der Waals surface area contributed by atoms with Gasteiger partial charge in [-0.25, -0.2) is 0 Å². The fraction of sp³-hybridized carbons (Fsp3) is 0.778. The highest BCUT2D eigenvalue weighted by atomic mass is 16.2. The van der Waals surface area contributed by atoms with E-state index in [1.54, 1.807) is 0 Å². The maximum Gasteiger partial charge on any atom is 0.148 e. The van der Waals surface area contributed by atoms with Crippen LogP contribution < -0.4 is 0 Å². The largest absolute Gasteiger partial charge is 0.299 e. The summed E-state index contributed by atoms with van der Waals surface area (Å²) in [6.07, 6.45) is 1.61. The summed E-state index contributed by atoms with van der Waals surface area (Å²) in [5.41, 5.74) is -0.254. The van der Waals surface area contributed by atoms with Crippen LogP contribution >= 0.6 is 0 Å². The van der Waals surface area contributed by atoms with Gasteiger partial charge in [0.15, 0.2) is 0 Å². The number of carbonyl (C=O) groups excluding carboxylic acids is 2. The van der Waals surface area contributed by atoms with Crippen molar-refractivity contribution in [2.24, 2.45) is 11.3 Å². The Hall–Kier alpha value is -0.660. The van der Waals surface area contributed by atoms with Crippen molar-refractivity contribution in [3.63, 3.8) is 0 Å². The molecule has 11 heavy (non-hydrogen) atoms. The molecule has 2 heteroatoms. The highest BCUT2D eigenvalue weighted by Gasteiger charge is 2.42. The molecule has 0 heterocycles. The topological polar surface area (TPSA) is 34.1 Å². The molecule has 0 saturated heterocycles. The quantitative estimate of drug-likeness (QED) is 0.537. The predicted molar refractivity (Wildman–Crippen MR) is 42.2 cm³/mol. The Balaban J connectivity index is 2.79. The molecule has 0 amide bonds. The molecule has 0 aliphatic heterocycles. The molecule has 1 aliphatic carbocycles.